The summed E-state index contributed by atoms with van der Waals surface area (Å²) >= 11 is 0. The highest BCUT2D eigenvalue weighted by Gasteiger charge is 2.51. The lowest BCUT2D eigenvalue weighted by atomic mass is 9.77. The van der Waals surface area contributed by atoms with E-state index in [1.165, 1.54) is 26.3 Å². The average Bonchev–Trinajstić information content (AvgIpc) is 3.93. The van der Waals surface area contributed by atoms with Crippen LogP contribution >= 0.6 is 0 Å². The fourth-order valence-corrected chi connectivity index (χ4v) is 9.63. The zero-order chi connectivity index (χ0) is 32.9. The first-order chi connectivity index (χ1) is 23.4. The fourth-order valence-electron chi connectivity index (χ4n) is 7.87. The highest BCUT2D eigenvalue weighted by Crippen LogP contribution is 2.48. The number of aliphatic hydroxyl groups is 1. The number of amides is 2. The van der Waals surface area contributed by atoms with Crippen LogP contribution in [-0.2, 0) is 41.1 Å². The zero-order valence-electron chi connectivity index (χ0n) is 26.5. The van der Waals surface area contributed by atoms with Crippen LogP contribution in [0, 0.1) is 4.78 Å². The Balaban J connectivity index is 1.42. The van der Waals surface area contributed by atoms with Crippen LogP contribution in [-0.4, -0.2) is 42.6 Å². The Kier molecular flexibility index (Phi) is 7.57. The summed E-state index contributed by atoms with van der Waals surface area (Å²) in [5.74, 6) is 0.122. The molecule has 244 valence electrons. The predicted molar refractivity (Wildman–Crippen MR) is 184 cm³/mol. The van der Waals surface area contributed by atoms with Crippen LogP contribution in [0.15, 0.2) is 108 Å². The number of aliphatic hydroxyl groups excluding tert-OH is 1. The molecular formula is C38H37N5O4S. The van der Waals surface area contributed by atoms with Gasteiger partial charge in [0.15, 0.2) is 9.92 Å². The van der Waals surface area contributed by atoms with Gasteiger partial charge in [0.1, 0.15) is 23.1 Å². The van der Waals surface area contributed by atoms with E-state index < -0.39 is 27.5 Å². The normalized spacial score (nSPS) is 17.6. The molecule has 0 fully saturated rings. The molecule has 1 aliphatic heterocycles. The molecule has 0 saturated carbocycles. The molecule has 3 N–H and O–H groups in total. The molecule has 0 saturated heterocycles. The number of hydrogen-bond donors (Lipinski definition) is 3. The van der Waals surface area contributed by atoms with Gasteiger partial charge in [-0.1, -0.05) is 97.1 Å². The SMILES string of the molecule is N=S(=O)(c1cnn2c1OCC2CO)N(C(=O)Nc1c2c(cc3c1CCC3)CCC2)C(c1ccccc1)(c1ccccc1)c1ccccc1. The first-order valence-electron chi connectivity index (χ1n) is 16.5. The average molecular weight is 660 g/mol. The molecule has 8 rings (SSSR count). The third-order valence-electron chi connectivity index (χ3n) is 10.0. The van der Waals surface area contributed by atoms with Gasteiger partial charge in [0, 0.05) is 5.69 Å². The lowest BCUT2D eigenvalue weighted by molar-refractivity contribution is 0.206. The van der Waals surface area contributed by atoms with Crippen molar-refractivity contribution in [2.45, 2.75) is 55.0 Å². The molecule has 0 spiro atoms. The van der Waals surface area contributed by atoms with Crippen LogP contribution in [0.3, 0.4) is 0 Å². The van der Waals surface area contributed by atoms with Gasteiger partial charge in [-0.05, 0) is 77.5 Å². The number of urea groups is 1. The smallest absolute Gasteiger partial charge is 0.336 e. The summed E-state index contributed by atoms with van der Waals surface area (Å²) in [6, 6.07) is 29.7. The van der Waals surface area contributed by atoms with E-state index in [4.69, 9.17) is 4.74 Å². The van der Waals surface area contributed by atoms with Crippen molar-refractivity contribution in [1.29, 1.82) is 4.78 Å². The monoisotopic (exact) mass is 659 g/mol. The number of fused-ring (bicyclic) bond motifs is 3. The van der Waals surface area contributed by atoms with Crippen molar-refractivity contribution >= 4 is 21.6 Å². The molecule has 3 aliphatic rings. The molecule has 5 aromatic rings. The standard InChI is InChI=1S/C38H37N5O4S/c39-48(46,34-23-40-42-31(24-44)25-47-36(34)42)43(37(45)41-35-32-20-10-12-26(32)22-27-13-11-21-33(27)35)38(28-14-4-1-5-15-28,29-16-6-2-7-17-29)30-18-8-3-9-19-30/h1-9,14-19,22-23,31,39,44H,10-13,20-21,24-25H2,(H,41,45). The van der Waals surface area contributed by atoms with E-state index in [-0.39, 0.29) is 24.0 Å². The summed E-state index contributed by atoms with van der Waals surface area (Å²) in [4.78, 5) is 15.4. The number of aromatic nitrogens is 2. The van der Waals surface area contributed by atoms with Crippen molar-refractivity contribution in [3.63, 3.8) is 0 Å². The van der Waals surface area contributed by atoms with Crippen molar-refractivity contribution in [3.05, 3.63) is 142 Å². The minimum absolute atomic E-state index is 0.0238. The van der Waals surface area contributed by atoms with Crippen molar-refractivity contribution in [2.24, 2.45) is 0 Å². The Morgan fingerprint density at radius 3 is 1.92 bits per heavy atom. The predicted octanol–water partition coefficient (Wildman–Crippen LogP) is 6.63. The van der Waals surface area contributed by atoms with Gasteiger partial charge in [-0.3, -0.25) is 0 Å². The van der Waals surface area contributed by atoms with Crippen molar-refractivity contribution < 1.29 is 18.8 Å². The number of ether oxygens (including phenoxy) is 1. The summed E-state index contributed by atoms with van der Waals surface area (Å²) in [6.45, 7) is -0.110. The Hall–Kier alpha value is -4.93. The molecule has 10 heteroatoms. The van der Waals surface area contributed by atoms with Crippen molar-refractivity contribution in [2.75, 3.05) is 18.5 Å². The van der Waals surface area contributed by atoms with Crippen molar-refractivity contribution in [1.82, 2.24) is 14.1 Å². The molecule has 2 atom stereocenters. The van der Waals surface area contributed by atoms with Crippen LogP contribution in [0.25, 0.3) is 0 Å². The third-order valence-corrected chi connectivity index (χ3v) is 11.8. The molecule has 2 amide bonds. The topological polar surface area (TPSA) is 121 Å². The third kappa shape index (κ3) is 4.65. The number of benzene rings is 4. The first kappa shape index (κ1) is 30.4. The van der Waals surface area contributed by atoms with E-state index in [1.807, 2.05) is 91.0 Å². The number of aryl methyl sites for hydroxylation is 2. The van der Waals surface area contributed by atoms with Gasteiger partial charge < -0.3 is 15.2 Å². The summed E-state index contributed by atoms with van der Waals surface area (Å²) in [5.41, 5.74) is 6.03. The summed E-state index contributed by atoms with van der Waals surface area (Å²) in [6.07, 6.45) is 6.97. The Morgan fingerprint density at radius 1 is 0.896 bits per heavy atom. The number of nitrogens with one attached hydrogen (secondary N) is 2. The molecule has 0 radical (unpaired) electrons. The second-order valence-corrected chi connectivity index (χ2v) is 14.6. The largest absolute Gasteiger partial charge is 0.475 e. The first-order valence-corrected chi connectivity index (χ1v) is 18.0. The van der Waals surface area contributed by atoms with Gasteiger partial charge in [0.2, 0.25) is 5.88 Å². The second kappa shape index (κ2) is 11.9. The van der Waals surface area contributed by atoms with Crippen molar-refractivity contribution in [3.8, 4) is 5.88 Å². The van der Waals surface area contributed by atoms with Gasteiger partial charge in [-0.25, -0.2) is 22.8 Å². The maximum absolute atomic E-state index is 15.7. The van der Waals surface area contributed by atoms with E-state index in [2.05, 4.69) is 16.5 Å². The molecule has 48 heavy (non-hydrogen) atoms. The van der Waals surface area contributed by atoms with Crippen LogP contribution in [0.5, 0.6) is 5.88 Å². The van der Waals surface area contributed by atoms with Gasteiger partial charge in [0.25, 0.3) is 0 Å². The quantitative estimate of drug-likeness (QED) is 0.162. The van der Waals surface area contributed by atoms with Crippen LogP contribution in [0.4, 0.5) is 10.5 Å². The molecule has 9 nitrogen and oxygen atoms in total. The number of carbonyl (C=O) groups excluding carboxylic acids is 1. The van der Waals surface area contributed by atoms with E-state index >= 15 is 9.00 Å². The number of carbonyl (C=O) groups is 1. The molecule has 1 aromatic heterocycles. The van der Waals surface area contributed by atoms with Crippen LogP contribution in [0.2, 0.25) is 0 Å². The maximum atomic E-state index is 15.7. The number of hydrogen-bond acceptors (Lipinski definition) is 6. The molecule has 0 bridgehead atoms. The maximum Gasteiger partial charge on any atom is 0.336 e. The lowest BCUT2D eigenvalue weighted by Gasteiger charge is -2.45. The van der Waals surface area contributed by atoms with Gasteiger partial charge in [0.05, 0.1) is 12.8 Å². The van der Waals surface area contributed by atoms with Gasteiger partial charge in [-0.15, -0.1) is 0 Å². The van der Waals surface area contributed by atoms with E-state index in [0.29, 0.717) is 16.7 Å². The van der Waals surface area contributed by atoms with Crippen LogP contribution < -0.4 is 10.1 Å². The summed E-state index contributed by atoms with van der Waals surface area (Å²) < 4.78 is 34.3. The molecule has 2 heterocycles. The molecular weight excluding hydrogens is 623 g/mol. The lowest BCUT2D eigenvalue weighted by Crippen LogP contribution is -2.55. The molecule has 4 aromatic carbocycles. The van der Waals surface area contributed by atoms with Gasteiger partial charge in [-0.2, -0.15) is 5.10 Å². The van der Waals surface area contributed by atoms with E-state index in [0.717, 1.165) is 55.3 Å². The highest BCUT2D eigenvalue weighted by molar-refractivity contribution is 7.90. The summed E-state index contributed by atoms with van der Waals surface area (Å²) in [5, 5.41) is 17.7. The number of anilines is 1. The van der Waals surface area contributed by atoms with E-state index in [1.54, 1.807) is 0 Å². The minimum atomic E-state index is -4.23. The Morgan fingerprint density at radius 2 is 1.42 bits per heavy atom. The Bertz CT molecular complexity index is 1970. The number of rotatable bonds is 8. The van der Waals surface area contributed by atoms with Crippen LogP contribution in [0.1, 0.15) is 57.8 Å². The molecule has 2 unspecified atom stereocenters. The second-order valence-electron chi connectivity index (χ2n) is 12.7. The van der Waals surface area contributed by atoms with Gasteiger partial charge >= 0.3 is 6.03 Å². The number of nitrogens with zero attached hydrogens (tertiary/aromatic N) is 3. The highest BCUT2D eigenvalue weighted by atomic mass is 32.2. The van der Waals surface area contributed by atoms with E-state index in [9.17, 15) is 9.89 Å². The molecule has 2 aliphatic carbocycles. The minimum Gasteiger partial charge on any atom is -0.475 e. The fraction of sp³-hybridized carbons (Fsp3) is 0.263. The Labute approximate surface area is 280 Å². The summed E-state index contributed by atoms with van der Waals surface area (Å²) in [7, 11) is -4.23. The zero-order valence-corrected chi connectivity index (χ0v) is 27.3.